The molecule has 0 saturated carbocycles. The third kappa shape index (κ3) is 4.17. The van der Waals surface area contributed by atoms with Crippen LogP contribution in [0.15, 0.2) is 36.7 Å². The number of nitrogen functional groups attached to an aromatic ring is 1. The molecule has 0 radical (unpaired) electrons. The molecule has 1 aliphatic heterocycles. The largest absolute Gasteiger partial charge is 0.489 e. The number of likely N-dealkylation sites (tertiary alicyclic amines) is 1. The highest BCUT2D eigenvalue weighted by Gasteiger charge is 2.13. The lowest BCUT2D eigenvalue weighted by Gasteiger charge is -2.15. The Hall–Kier alpha value is -3.27. The van der Waals surface area contributed by atoms with Gasteiger partial charge in [-0.2, -0.15) is 9.67 Å². The summed E-state index contributed by atoms with van der Waals surface area (Å²) >= 11 is 0. The Balaban J connectivity index is 1.39. The lowest BCUT2D eigenvalue weighted by atomic mass is 10.3. The van der Waals surface area contributed by atoms with E-state index in [4.69, 9.17) is 10.5 Å². The second-order valence-electron chi connectivity index (χ2n) is 6.42. The highest BCUT2D eigenvalue weighted by Crippen LogP contribution is 2.23. The molecule has 0 aliphatic carbocycles. The van der Waals surface area contributed by atoms with Crippen molar-refractivity contribution in [3.63, 3.8) is 0 Å². The van der Waals surface area contributed by atoms with E-state index in [1.807, 2.05) is 0 Å². The van der Waals surface area contributed by atoms with Crippen LogP contribution in [0.5, 0.6) is 5.75 Å². The molecule has 3 N–H and O–H groups in total. The van der Waals surface area contributed by atoms with Gasteiger partial charge in [0, 0.05) is 30.7 Å². The summed E-state index contributed by atoms with van der Waals surface area (Å²) in [5.74, 6) is 0.405. The van der Waals surface area contributed by atoms with Crippen molar-refractivity contribution in [1.29, 1.82) is 0 Å². The van der Waals surface area contributed by atoms with Gasteiger partial charge < -0.3 is 15.8 Å². The van der Waals surface area contributed by atoms with Crippen molar-refractivity contribution in [1.82, 2.24) is 29.6 Å². The summed E-state index contributed by atoms with van der Waals surface area (Å²) in [6.45, 7) is 3.45. The fraction of sp³-hybridized carbons (Fsp3) is 0.333. The molecule has 9 nitrogen and oxygen atoms in total. The van der Waals surface area contributed by atoms with Crippen LogP contribution in [0.3, 0.4) is 0 Å². The number of nitrogens with two attached hydrogens (primary N) is 1. The molecule has 0 unspecified atom stereocenters. The van der Waals surface area contributed by atoms with Crippen LogP contribution in [0.25, 0.3) is 5.95 Å². The Labute approximate surface area is 161 Å². The Morgan fingerprint density at radius 1 is 1.18 bits per heavy atom. The molecule has 1 saturated heterocycles. The van der Waals surface area contributed by atoms with E-state index in [1.165, 1.54) is 23.6 Å². The topological polar surface area (TPSA) is 107 Å². The van der Waals surface area contributed by atoms with Gasteiger partial charge in [0.2, 0.25) is 11.9 Å². The van der Waals surface area contributed by atoms with E-state index in [-0.39, 0.29) is 17.6 Å². The minimum atomic E-state index is -0.454. The van der Waals surface area contributed by atoms with Gasteiger partial charge in [0.15, 0.2) is 11.6 Å². The molecule has 3 aromatic rings. The summed E-state index contributed by atoms with van der Waals surface area (Å²) in [6, 6.07) is 6.31. The van der Waals surface area contributed by atoms with Gasteiger partial charge in [0.25, 0.3) is 5.95 Å². The predicted octanol–water partition coefficient (Wildman–Crippen LogP) is 2.00. The van der Waals surface area contributed by atoms with Gasteiger partial charge in [-0.3, -0.25) is 4.90 Å². The number of benzene rings is 1. The van der Waals surface area contributed by atoms with Crippen LogP contribution in [0.1, 0.15) is 12.8 Å². The molecule has 3 heterocycles. The maximum atomic E-state index is 14.3. The Morgan fingerprint density at radius 3 is 2.71 bits per heavy atom. The van der Waals surface area contributed by atoms with Gasteiger partial charge in [-0.1, -0.05) is 0 Å². The van der Waals surface area contributed by atoms with Gasteiger partial charge in [0.05, 0.1) is 0 Å². The number of rotatable bonds is 7. The van der Waals surface area contributed by atoms with Crippen LogP contribution < -0.4 is 15.8 Å². The molecular weight excluding hydrogens is 363 g/mol. The maximum Gasteiger partial charge on any atom is 0.253 e. The molecule has 146 valence electrons. The third-order valence-electron chi connectivity index (χ3n) is 4.43. The fourth-order valence-corrected chi connectivity index (χ4v) is 3.04. The molecule has 0 spiro atoms. The Kier molecular flexibility index (Phi) is 5.29. The minimum absolute atomic E-state index is 0.121. The first-order valence-electron chi connectivity index (χ1n) is 9.11. The molecule has 1 aliphatic rings. The summed E-state index contributed by atoms with van der Waals surface area (Å²) < 4.78 is 21.2. The van der Waals surface area contributed by atoms with Crippen LogP contribution in [0, 0.1) is 5.82 Å². The zero-order valence-electron chi connectivity index (χ0n) is 15.3. The third-order valence-corrected chi connectivity index (χ3v) is 4.43. The zero-order valence-corrected chi connectivity index (χ0v) is 15.3. The molecule has 1 aromatic carbocycles. The smallest absolute Gasteiger partial charge is 0.253 e. The van der Waals surface area contributed by atoms with Crippen molar-refractivity contribution in [2.45, 2.75) is 12.8 Å². The maximum absolute atomic E-state index is 14.3. The average Bonchev–Trinajstić information content (AvgIpc) is 3.34. The van der Waals surface area contributed by atoms with E-state index in [9.17, 15) is 4.39 Å². The average molecular weight is 384 g/mol. The van der Waals surface area contributed by atoms with Crippen molar-refractivity contribution >= 4 is 17.6 Å². The quantitative estimate of drug-likeness (QED) is 0.637. The zero-order chi connectivity index (χ0) is 19.3. The molecule has 28 heavy (non-hydrogen) atoms. The standard InChI is InChI=1S/C18H21FN8O/c19-14-12-13(4-5-15(14)28-11-10-26-8-1-2-9-26)23-17-24-16(20)27(25-17)18-21-6-3-7-22-18/h3-7,12H,1-2,8-11H2,(H3,20,23,24,25). The first-order chi connectivity index (χ1) is 13.7. The fourth-order valence-electron chi connectivity index (χ4n) is 3.04. The van der Waals surface area contributed by atoms with Crippen LogP contribution >= 0.6 is 0 Å². The van der Waals surface area contributed by atoms with E-state index < -0.39 is 5.82 Å². The van der Waals surface area contributed by atoms with Crippen molar-refractivity contribution < 1.29 is 9.13 Å². The molecule has 4 rings (SSSR count). The van der Waals surface area contributed by atoms with Gasteiger partial charge in [-0.15, -0.1) is 5.10 Å². The number of nitrogens with one attached hydrogen (secondary N) is 1. The van der Waals surface area contributed by atoms with Gasteiger partial charge in [0.1, 0.15) is 6.61 Å². The van der Waals surface area contributed by atoms with Crippen molar-refractivity contribution in [2.75, 3.05) is 37.3 Å². The number of hydrogen-bond donors (Lipinski definition) is 2. The van der Waals surface area contributed by atoms with Crippen molar-refractivity contribution in [2.24, 2.45) is 0 Å². The van der Waals surface area contributed by atoms with Gasteiger partial charge >= 0.3 is 0 Å². The summed E-state index contributed by atoms with van der Waals surface area (Å²) in [4.78, 5) is 14.6. The second kappa shape index (κ2) is 8.17. The first-order valence-corrected chi connectivity index (χ1v) is 9.11. The number of ether oxygens (including phenoxy) is 1. The van der Waals surface area contributed by atoms with Crippen LogP contribution in [0.2, 0.25) is 0 Å². The van der Waals surface area contributed by atoms with E-state index in [0.29, 0.717) is 18.2 Å². The molecule has 0 bridgehead atoms. The Bertz CT molecular complexity index is 927. The van der Waals surface area contributed by atoms with Gasteiger partial charge in [-0.25, -0.2) is 14.4 Å². The molecule has 2 aromatic heterocycles. The summed E-state index contributed by atoms with van der Waals surface area (Å²) in [5.41, 5.74) is 6.34. The summed E-state index contributed by atoms with van der Waals surface area (Å²) in [7, 11) is 0. The predicted molar refractivity (Wildman–Crippen MR) is 102 cm³/mol. The van der Waals surface area contributed by atoms with Crippen molar-refractivity contribution in [3.05, 3.63) is 42.5 Å². The lowest BCUT2D eigenvalue weighted by molar-refractivity contribution is 0.231. The number of nitrogens with zero attached hydrogens (tertiary/aromatic N) is 6. The monoisotopic (exact) mass is 384 g/mol. The molecule has 0 amide bonds. The highest BCUT2D eigenvalue weighted by atomic mass is 19.1. The van der Waals surface area contributed by atoms with Crippen LogP contribution in [-0.2, 0) is 0 Å². The summed E-state index contributed by atoms with van der Waals surface area (Å²) in [6.07, 6.45) is 5.60. The van der Waals surface area contributed by atoms with E-state index >= 15 is 0 Å². The number of halogens is 1. The highest BCUT2D eigenvalue weighted by molar-refractivity contribution is 5.56. The van der Waals surface area contributed by atoms with Crippen molar-refractivity contribution in [3.8, 4) is 11.7 Å². The van der Waals surface area contributed by atoms with E-state index in [0.717, 1.165) is 19.6 Å². The minimum Gasteiger partial charge on any atom is -0.489 e. The second-order valence-corrected chi connectivity index (χ2v) is 6.42. The van der Waals surface area contributed by atoms with E-state index in [1.54, 1.807) is 30.6 Å². The number of anilines is 3. The summed E-state index contributed by atoms with van der Waals surface area (Å²) in [5, 5.41) is 7.13. The first kappa shape index (κ1) is 18.1. The number of aromatic nitrogens is 5. The van der Waals surface area contributed by atoms with Crippen LogP contribution in [0.4, 0.5) is 22.0 Å². The molecule has 10 heteroatoms. The molecule has 0 atom stereocenters. The Morgan fingerprint density at radius 2 is 1.96 bits per heavy atom. The SMILES string of the molecule is Nc1nc(Nc2ccc(OCCN3CCCC3)c(F)c2)nn1-c1ncccn1. The van der Waals surface area contributed by atoms with E-state index in [2.05, 4.69) is 30.3 Å². The lowest BCUT2D eigenvalue weighted by Crippen LogP contribution is -2.25. The normalized spacial score (nSPS) is 14.3. The molecular formula is C18H21FN8O. The molecule has 1 fully saturated rings. The number of hydrogen-bond acceptors (Lipinski definition) is 8. The van der Waals surface area contributed by atoms with Gasteiger partial charge in [-0.05, 0) is 44.1 Å². The van der Waals surface area contributed by atoms with Crippen LogP contribution in [-0.4, -0.2) is 55.9 Å².